The van der Waals surface area contributed by atoms with E-state index in [1.807, 2.05) is 62.4 Å². The molecule has 0 radical (unpaired) electrons. The highest BCUT2D eigenvalue weighted by molar-refractivity contribution is 5.80. The van der Waals surface area contributed by atoms with Crippen molar-refractivity contribution < 1.29 is 14.6 Å². The lowest BCUT2D eigenvalue weighted by Crippen LogP contribution is -2.31. The standard InChI is InChI=1S/C23H29N6.C2H4O2/c1-6-23-28(24-17-19-7-11-21(12-8-19)26(2)3)15-16-29(23)25-18-20-9-13-22(14-10-20)27(4)5;1-2(3)4/h7-18H,6H2,1-5H3;1H3,(H,3,4)/q+1;/p-1. The van der Waals surface area contributed by atoms with E-state index in [4.69, 9.17) is 9.90 Å². The minimum Gasteiger partial charge on any atom is -0.550 e. The summed E-state index contributed by atoms with van der Waals surface area (Å²) in [4.78, 5) is 13.0. The van der Waals surface area contributed by atoms with E-state index in [0.29, 0.717) is 0 Å². The lowest BCUT2D eigenvalue weighted by atomic mass is 10.2. The first-order valence-electron chi connectivity index (χ1n) is 10.6. The molecule has 0 aliphatic rings. The van der Waals surface area contributed by atoms with Crippen molar-refractivity contribution in [2.24, 2.45) is 10.2 Å². The largest absolute Gasteiger partial charge is 0.550 e. The van der Waals surface area contributed by atoms with Gasteiger partial charge in [-0.1, -0.05) is 41.4 Å². The van der Waals surface area contributed by atoms with Crippen molar-refractivity contribution in [1.82, 2.24) is 4.68 Å². The Balaban J connectivity index is 0.000000890. The fourth-order valence-corrected chi connectivity index (χ4v) is 2.91. The van der Waals surface area contributed by atoms with Gasteiger partial charge >= 0.3 is 5.82 Å². The molecule has 3 aromatic rings. The monoisotopic (exact) mass is 448 g/mol. The van der Waals surface area contributed by atoms with Crippen LogP contribution in [-0.4, -0.2) is 51.3 Å². The number of rotatable bonds is 7. The zero-order chi connectivity index (χ0) is 24.4. The van der Waals surface area contributed by atoms with Crippen LogP contribution in [0, 0.1) is 0 Å². The Bertz CT molecular complexity index is 998. The molecular formula is C25H32N6O2. The predicted octanol–water partition coefficient (Wildman–Crippen LogP) is 1.99. The maximum absolute atomic E-state index is 8.89. The molecule has 0 spiro atoms. The smallest absolute Gasteiger partial charge is 0.307 e. The lowest BCUT2D eigenvalue weighted by Gasteiger charge is -2.11. The number of carbonyl (C=O) groups excluding carboxylic acids is 1. The van der Waals surface area contributed by atoms with Crippen molar-refractivity contribution in [3.05, 3.63) is 77.9 Å². The van der Waals surface area contributed by atoms with Gasteiger partial charge < -0.3 is 19.7 Å². The Morgan fingerprint density at radius 2 is 1.39 bits per heavy atom. The number of hydrogen-bond acceptors (Lipinski definition) is 6. The van der Waals surface area contributed by atoms with Gasteiger partial charge in [0.15, 0.2) is 12.4 Å². The Morgan fingerprint density at radius 3 is 1.82 bits per heavy atom. The molecule has 8 heteroatoms. The summed E-state index contributed by atoms with van der Waals surface area (Å²) in [5, 5.41) is 18.1. The second kappa shape index (κ2) is 12.2. The number of nitrogens with zero attached hydrogens (tertiary/aromatic N) is 6. The minimum atomic E-state index is -1.08. The van der Waals surface area contributed by atoms with Gasteiger partial charge in [-0.25, -0.2) is 0 Å². The molecule has 0 aliphatic carbocycles. The minimum absolute atomic E-state index is 0.820. The first kappa shape index (κ1) is 25.3. The van der Waals surface area contributed by atoms with E-state index in [2.05, 4.69) is 75.5 Å². The van der Waals surface area contributed by atoms with Crippen LogP contribution < -0.4 is 19.6 Å². The van der Waals surface area contributed by atoms with E-state index in [-0.39, 0.29) is 0 Å². The number of carboxylic acid groups (broad SMARTS) is 1. The molecule has 0 atom stereocenters. The number of benzene rings is 2. The maximum atomic E-state index is 8.89. The Hall–Kier alpha value is -3.94. The molecule has 0 saturated carbocycles. The number of imidazole rings is 1. The number of hydrogen-bond donors (Lipinski definition) is 0. The number of aromatic nitrogens is 2. The fraction of sp³-hybridized carbons (Fsp3) is 0.280. The van der Waals surface area contributed by atoms with Gasteiger partial charge in [0, 0.05) is 45.5 Å². The van der Waals surface area contributed by atoms with Crippen molar-refractivity contribution in [2.75, 3.05) is 38.0 Å². The highest BCUT2D eigenvalue weighted by Crippen LogP contribution is 2.12. The maximum Gasteiger partial charge on any atom is 0.307 e. The van der Waals surface area contributed by atoms with E-state index in [1.54, 1.807) is 0 Å². The summed E-state index contributed by atoms with van der Waals surface area (Å²) in [6.45, 7) is 3.07. The second-order valence-corrected chi connectivity index (χ2v) is 7.71. The Morgan fingerprint density at radius 1 is 0.939 bits per heavy atom. The van der Waals surface area contributed by atoms with Crippen LogP contribution in [0.3, 0.4) is 0 Å². The van der Waals surface area contributed by atoms with Crippen LogP contribution >= 0.6 is 0 Å². The highest BCUT2D eigenvalue weighted by atomic mass is 16.4. The summed E-state index contributed by atoms with van der Waals surface area (Å²) in [6, 6.07) is 16.6. The van der Waals surface area contributed by atoms with Gasteiger partial charge in [-0.3, -0.25) is 0 Å². The third-order valence-electron chi connectivity index (χ3n) is 4.68. The van der Waals surface area contributed by atoms with Crippen molar-refractivity contribution in [3.63, 3.8) is 0 Å². The van der Waals surface area contributed by atoms with Crippen LogP contribution in [0.25, 0.3) is 0 Å². The molecule has 0 aliphatic heterocycles. The van der Waals surface area contributed by atoms with Crippen molar-refractivity contribution in [2.45, 2.75) is 20.3 Å². The molecule has 1 heterocycles. The molecule has 2 aromatic carbocycles. The third-order valence-corrected chi connectivity index (χ3v) is 4.68. The molecular weight excluding hydrogens is 416 g/mol. The molecule has 174 valence electrons. The van der Waals surface area contributed by atoms with E-state index >= 15 is 0 Å². The van der Waals surface area contributed by atoms with Gasteiger partial charge in [-0.2, -0.15) is 0 Å². The number of carboxylic acids is 1. The molecule has 3 rings (SSSR count). The van der Waals surface area contributed by atoms with Crippen LogP contribution in [0.5, 0.6) is 0 Å². The van der Waals surface area contributed by atoms with E-state index in [9.17, 15) is 0 Å². The van der Waals surface area contributed by atoms with Crippen LogP contribution in [0.15, 0.2) is 71.1 Å². The summed E-state index contributed by atoms with van der Waals surface area (Å²) >= 11 is 0. The van der Waals surface area contributed by atoms with Gasteiger partial charge in [0.1, 0.15) is 0 Å². The zero-order valence-electron chi connectivity index (χ0n) is 20.1. The van der Waals surface area contributed by atoms with E-state index in [0.717, 1.165) is 30.3 Å². The van der Waals surface area contributed by atoms with Crippen molar-refractivity contribution >= 4 is 29.8 Å². The van der Waals surface area contributed by atoms with Crippen LogP contribution in [0.1, 0.15) is 30.8 Å². The molecule has 0 bridgehead atoms. The molecule has 0 saturated heterocycles. The van der Waals surface area contributed by atoms with Gasteiger partial charge in [0.25, 0.3) is 0 Å². The van der Waals surface area contributed by atoms with Crippen LogP contribution in [0.2, 0.25) is 0 Å². The van der Waals surface area contributed by atoms with E-state index < -0.39 is 5.97 Å². The van der Waals surface area contributed by atoms with Gasteiger partial charge in [-0.05, 0) is 42.3 Å². The molecule has 0 amide bonds. The van der Waals surface area contributed by atoms with Crippen molar-refractivity contribution in [1.29, 1.82) is 0 Å². The summed E-state index contributed by atoms with van der Waals surface area (Å²) < 4.78 is 3.73. The number of anilines is 2. The quantitative estimate of drug-likeness (QED) is 0.409. The second-order valence-electron chi connectivity index (χ2n) is 7.71. The van der Waals surface area contributed by atoms with Gasteiger partial charge in [-0.15, -0.1) is 9.35 Å². The average molecular weight is 449 g/mol. The fourth-order valence-electron chi connectivity index (χ4n) is 2.91. The Labute approximate surface area is 195 Å². The van der Waals surface area contributed by atoms with Crippen molar-refractivity contribution in [3.8, 4) is 0 Å². The summed E-state index contributed by atoms with van der Waals surface area (Å²) in [6.07, 6.45) is 8.41. The first-order valence-corrected chi connectivity index (χ1v) is 10.6. The van der Waals surface area contributed by atoms with Gasteiger partial charge in [0.2, 0.25) is 0 Å². The molecule has 33 heavy (non-hydrogen) atoms. The zero-order valence-corrected chi connectivity index (χ0v) is 20.1. The third kappa shape index (κ3) is 7.92. The summed E-state index contributed by atoms with van der Waals surface area (Å²) in [5.41, 5.74) is 4.45. The highest BCUT2D eigenvalue weighted by Gasteiger charge is 2.14. The van der Waals surface area contributed by atoms with Crippen LogP contribution in [-0.2, 0) is 11.2 Å². The molecule has 1 aromatic heterocycles. The summed E-state index contributed by atoms with van der Waals surface area (Å²) in [7, 11) is 8.14. The first-order chi connectivity index (χ1) is 15.7. The lowest BCUT2D eigenvalue weighted by molar-refractivity contribution is -0.685. The SMILES string of the molecule is CC(=O)[O-].CCc1n(N=Cc2ccc(N(C)C)cc2)cc[n+]1N=Cc1ccc(N(C)C)cc1. The molecule has 8 nitrogen and oxygen atoms in total. The average Bonchev–Trinajstić information content (AvgIpc) is 3.18. The predicted molar refractivity (Wildman–Crippen MR) is 132 cm³/mol. The van der Waals surface area contributed by atoms with Gasteiger partial charge in [0.05, 0.1) is 18.9 Å². The normalized spacial score (nSPS) is 10.8. The number of carbonyl (C=O) groups is 1. The van der Waals surface area contributed by atoms with E-state index in [1.165, 1.54) is 11.4 Å². The molecule has 0 unspecified atom stereocenters. The summed E-state index contributed by atoms with van der Waals surface area (Å²) in [5.74, 6) is -0.0766. The Kier molecular flexibility index (Phi) is 9.35. The number of aliphatic carboxylic acids is 1. The van der Waals surface area contributed by atoms with Crippen LogP contribution in [0.4, 0.5) is 11.4 Å². The topological polar surface area (TPSA) is 80.1 Å². The molecule has 0 fully saturated rings. The molecule has 0 N–H and O–H groups in total.